The summed E-state index contributed by atoms with van der Waals surface area (Å²) in [6.45, 7) is 4.47. The van der Waals surface area contributed by atoms with Crippen LogP contribution < -0.4 is 4.74 Å². The Kier molecular flexibility index (Phi) is 7.05. The summed E-state index contributed by atoms with van der Waals surface area (Å²) in [5, 5.41) is 11.4. The van der Waals surface area contributed by atoms with E-state index in [1.807, 2.05) is 74.5 Å². The van der Waals surface area contributed by atoms with Gasteiger partial charge in [0.2, 0.25) is 0 Å². The molecule has 1 atom stereocenters. The normalized spacial score (nSPS) is 16.6. The van der Waals surface area contributed by atoms with Crippen LogP contribution in [-0.4, -0.2) is 26.7 Å². The molecule has 1 N–H and O–H groups in total. The first-order valence-corrected chi connectivity index (χ1v) is 12.4. The van der Waals surface area contributed by atoms with Crippen molar-refractivity contribution in [2.75, 3.05) is 0 Å². The number of likely N-dealkylation sites (tertiary alicyclic amines) is 1. The molecule has 0 radical (unpaired) electrons. The lowest BCUT2D eigenvalue weighted by atomic mass is 9.94. The number of ether oxygens (including phenoxy) is 1. The fourth-order valence-corrected chi connectivity index (χ4v) is 4.68. The second-order valence-electron chi connectivity index (χ2n) is 9.45. The smallest absolute Gasteiger partial charge is 0.295 e. The van der Waals surface area contributed by atoms with Gasteiger partial charge in [-0.25, -0.2) is 0 Å². The molecule has 6 nitrogen and oxygen atoms in total. The van der Waals surface area contributed by atoms with Crippen LogP contribution in [0.5, 0.6) is 5.75 Å². The summed E-state index contributed by atoms with van der Waals surface area (Å²) < 4.78 is 5.97. The molecule has 1 saturated heterocycles. The highest BCUT2D eigenvalue weighted by Gasteiger charge is 2.46. The fourth-order valence-electron chi connectivity index (χ4n) is 4.68. The standard InChI is InChI=1S/C32H28N2O4/c1-21-10-12-25(13-11-21)29-28(31(36)32(37)34(29)19-24-9-6-16-33-18-24)30(35)26-14-15-27(22(2)17-26)38-20-23-7-4-3-5-8-23/h3-18,29,35H,19-20H2,1-2H3/t29-/m0/s1. The van der Waals surface area contributed by atoms with E-state index in [9.17, 15) is 14.7 Å². The molecule has 3 aromatic carbocycles. The Labute approximate surface area is 221 Å². The van der Waals surface area contributed by atoms with Crippen LogP contribution in [0.4, 0.5) is 0 Å². The molecule has 5 rings (SSSR count). The van der Waals surface area contributed by atoms with Crippen LogP contribution in [0.1, 0.15) is 39.4 Å². The lowest BCUT2D eigenvalue weighted by Crippen LogP contribution is -2.29. The van der Waals surface area contributed by atoms with Crippen molar-refractivity contribution >= 4 is 17.4 Å². The van der Waals surface area contributed by atoms with E-state index in [0.29, 0.717) is 17.9 Å². The summed E-state index contributed by atoms with van der Waals surface area (Å²) in [6, 6.07) is 25.7. The quantitative estimate of drug-likeness (QED) is 0.193. The van der Waals surface area contributed by atoms with Gasteiger partial charge in [0.25, 0.3) is 11.7 Å². The fraction of sp³-hybridized carbons (Fsp3) is 0.156. The maximum atomic E-state index is 13.3. The van der Waals surface area contributed by atoms with E-state index >= 15 is 0 Å². The predicted octanol–water partition coefficient (Wildman–Crippen LogP) is 5.90. The molecule has 1 aliphatic rings. The molecule has 1 aliphatic heterocycles. The van der Waals surface area contributed by atoms with E-state index in [4.69, 9.17) is 4.74 Å². The van der Waals surface area contributed by atoms with E-state index in [2.05, 4.69) is 4.98 Å². The minimum absolute atomic E-state index is 0.0695. The first-order chi connectivity index (χ1) is 18.4. The third-order valence-corrected chi connectivity index (χ3v) is 6.69. The van der Waals surface area contributed by atoms with Crippen LogP contribution in [0.3, 0.4) is 0 Å². The molecule has 1 amide bonds. The molecule has 0 unspecified atom stereocenters. The monoisotopic (exact) mass is 504 g/mol. The van der Waals surface area contributed by atoms with Gasteiger partial charge in [-0.1, -0.05) is 66.2 Å². The molecule has 0 bridgehead atoms. The van der Waals surface area contributed by atoms with Crippen LogP contribution in [0.25, 0.3) is 5.76 Å². The summed E-state index contributed by atoms with van der Waals surface area (Å²) in [6.07, 6.45) is 3.33. The van der Waals surface area contributed by atoms with Crippen molar-refractivity contribution < 1.29 is 19.4 Å². The number of carbonyl (C=O) groups is 2. The molecular formula is C32H28N2O4. The Hall–Kier alpha value is -4.71. The summed E-state index contributed by atoms with van der Waals surface area (Å²) in [5.41, 5.74) is 4.97. The number of carbonyl (C=O) groups excluding carboxylic acids is 2. The summed E-state index contributed by atoms with van der Waals surface area (Å²) in [7, 11) is 0. The number of rotatable bonds is 7. The van der Waals surface area contributed by atoms with E-state index in [1.54, 1.807) is 36.7 Å². The zero-order valence-corrected chi connectivity index (χ0v) is 21.3. The van der Waals surface area contributed by atoms with Gasteiger partial charge in [0.05, 0.1) is 11.6 Å². The number of aliphatic hydroxyl groups is 1. The highest BCUT2D eigenvalue weighted by atomic mass is 16.5. The molecule has 1 fully saturated rings. The number of pyridine rings is 1. The van der Waals surface area contributed by atoms with Gasteiger partial charge in [-0.2, -0.15) is 0 Å². The third-order valence-electron chi connectivity index (χ3n) is 6.69. The highest BCUT2D eigenvalue weighted by Crippen LogP contribution is 2.40. The van der Waals surface area contributed by atoms with Crippen molar-refractivity contribution in [3.8, 4) is 5.75 Å². The van der Waals surface area contributed by atoms with Gasteiger partial charge in [0.15, 0.2) is 0 Å². The van der Waals surface area contributed by atoms with Crippen molar-refractivity contribution in [3.05, 3.63) is 136 Å². The van der Waals surface area contributed by atoms with Crippen LogP contribution in [0, 0.1) is 13.8 Å². The van der Waals surface area contributed by atoms with Crippen LogP contribution in [0.2, 0.25) is 0 Å². The number of aliphatic hydroxyl groups excluding tert-OH is 1. The van der Waals surface area contributed by atoms with Crippen LogP contribution in [0.15, 0.2) is 103 Å². The zero-order valence-electron chi connectivity index (χ0n) is 21.3. The Morgan fingerprint density at radius 2 is 1.66 bits per heavy atom. The summed E-state index contributed by atoms with van der Waals surface area (Å²) >= 11 is 0. The van der Waals surface area contributed by atoms with Gasteiger partial charge < -0.3 is 14.7 Å². The number of aryl methyl sites for hydroxylation is 2. The molecule has 190 valence electrons. The van der Waals surface area contributed by atoms with Crippen molar-refractivity contribution in [3.63, 3.8) is 0 Å². The largest absolute Gasteiger partial charge is 0.507 e. The van der Waals surface area contributed by atoms with Crippen molar-refractivity contribution in [1.29, 1.82) is 0 Å². The highest BCUT2D eigenvalue weighted by molar-refractivity contribution is 6.46. The van der Waals surface area contributed by atoms with Crippen molar-refractivity contribution in [2.24, 2.45) is 0 Å². The maximum Gasteiger partial charge on any atom is 0.295 e. The minimum Gasteiger partial charge on any atom is -0.507 e. The molecule has 0 spiro atoms. The average molecular weight is 505 g/mol. The SMILES string of the molecule is Cc1ccc([C@H]2C(=C(O)c3ccc(OCc4ccccc4)c(C)c3)C(=O)C(=O)N2Cc2cccnc2)cc1. The summed E-state index contributed by atoms with van der Waals surface area (Å²) in [4.78, 5) is 32.2. The molecule has 6 heteroatoms. The van der Waals surface area contributed by atoms with Gasteiger partial charge in [-0.05, 0) is 60.4 Å². The first-order valence-electron chi connectivity index (χ1n) is 12.4. The molecule has 0 aliphatic carbocycles. The van der Waals surface area contributed by atoms with Gasteiger partial charge in [-0.15, -0.1) is 0 Å². The molecular weight excluding hydrogens is 476 g/mol. The van der Waals surface area contributed by atoms with Gasteiger partial charge in [-0.3, -0.25) is 14.6 Å². The van der Waals surface area contributed by atoms with Crippen molar-refractivity contribution in [1.82, 2.24) is 9.88 Å². The van der Waals surface area contributed by atoms with E-state index in [1.165, 1.54) is 4.90 Å². The average Bonchev–Trinajstić information content (AvgIpc) is 3.18. The number of ketones is 1. The second kappa shape index (κ2) is 10.7. The predicted molar refractivity (Wildman–Crippen MR) is 145 cm³/mol. The van der Waals surface area contributed by atoms with E-state index in [-0.39, 0.29) is 17.9 Å². The maximum absolute atomic E-state index is 13.3. The topological polar surface area (TPSA) is 79.7 Å². The second-order valence-corrected chi connectivity index (χ2v) is 9.45. The minimum atomic E-state index is -0.731. The van der Waals surface area contributed by atoms with Crippen molar-refractivity contribution in [2.45, 2.75) is 33.0 Å². The number of hydrogen-bond donors (Lipinski definition) is 1. The molecule has 38 heavy (non-hydrogen) atoms. The lowest BCUT2D eigenvalue weighted by Gasteiger charge is -2.25. The van der Waals surface area contributed by atoms with Crippen LogP contribution >= 0.6 is 0 Å². The molecule has 1 aromatic heterocycles. The van der Waals surface area contributed by atoms with E-state index in [0.717, 1.165) is 27.8 Å². The number of amides is 1. The van der Waals surface area contributed by atoms with Gasteiger partial charge in [0, 0.05) is 24.5 Å². The zero-order chi connectivity index (χ0) is 26.6. The Balaban J connectivity index is 1.51. The molecule has 0 saturated carbocycles. The lowest BCUT2D eigenvalue weighted by molar-refractivity contribution is -0.140. The number of nitrogens with zero attached hydrogens (tertiary/aromatic N) is 2. The Morgan fingerprint density at radius 1 is 0.921 bits per heavy atom. The number of benzene rings is 3. The van der Waals surface area contributed by atoms with Crippen LogP contribution in [-0.2, 0) is 22.7 Å². The number of hydrogen-bond acceptors (Lipinski definition) is 5. The molecule has 4 aromatic rings. The van der Waals surface area contributed by atoms with Gasteiger partial charge >= 0.3 is 0 Å². The Bertz CT molecular complexity index is 1500. The number of aromatic nitrogens is 1. The number of Topliss-reactive ketones (excluding diaryl/α,β-unsaturated/α-hetero) is 1. The third kappa shape index (κ3) is 5.06. The summed E-state index contributed by atoms with van der Waals surface area (Å²) in [5.74, 6) is -0.891. The van der Waals surface area contributed by atoms with E-state index < -0.39 is 17.7 Å². The first kappa shape index (κ1) is 25.0. The molecule has 2 heterocycles. The Morgan fingerprint density at radius 3 is 2.34 bits per heavy atom. The van der Waals surface area contributed by atoms with Gasteiger partial charge in [0.1, 0.15) is 18.1 Å².